The molecule has 12 heterocycles. The molecule has 9 aromatic rings. The predicted molar refractivity (Wildman–Crippen MR) is 426 cm³/mol. The highest BCUT2D eigenvalue weighted by molar-refractivity contribution is 6.30. The summed E-state index contributed by atoms with van der Waals surface area (Å²) in [6.07, 6.45) is 3.19. The van der Waals surface area contributed by atoms with E-state index < -0.39 is 36.2 Å². The third-order valence-electron chi connectivity index (χ3n) is 21.6. The third kappa shape index (κ3) is 18.1. The van der Waals surface area contributed by atoms with E-state index in [4.69, 9.17) is 64.4 Å². The van der Waals surface area contributed by atoms with E-state index in [-0.39, 0.29) is 104 Å². The molecule has 1 saturated carbocycles. The van der Waals surface area contributed by atoms with Crippen LogP contribution in [0.15, 0.2) is 110 Å². The summed E-state index contributed by atoms with van der Waals surface area (Å²) in [4.78, 5) is 91.3. The van der Waals surface area contributed by atoms with Crippen molar-refractivity contribution < 1.29 is 69.8 Å². The summed E-state index contributed by atoms with van der Waals surface area (Å²) in [6, 6.07) is 22.6. The van der Waals surface area contributed by atoms with Gasteiger partial charge in [0.25, 0.3) is 0 Å². The summed E-state index contributed by atoms with van der Waals surface area (Å²) in [7, 11) is 3.18. The summed E-state index contributed by atoms with van der Waals surface area (Å²) in [5, 5.41) is 0.461. The van der Waals surface area contributed by atoms with Gasteiger partial charge in [-0.1, -0.05) is 99.6 Å². The Balaban J connectivity index is 0.000000144. The molecule has 31 heteroatoms. The van der Waals surface area contributed by atoms with Crippen LogP contribution in [0.3, 0.4) is 0 Å². The summed E-state index contributed by atoms with van der Waals surface area (Å²) in [5.41, 5.74) is 14.6. The molecule has 1 aliphatic carbocycles. The second kappa shape index (κ2) is 34.8. The smallest absolute Gasteiger partial charge is 0.417 e. The average molecular weight is 1610 g/mol. The first-order valence-corrected chi connectivity index (χ1v) is 39.3. The summed E-state index contributed by atoms with van der Waals surface area (Å²) < 4.78 is 99.8. The van der Waals surface area contributed by atoms with Crippen molar-refractivity contribution in [2.24, 2.45) is 0 Å². The maximum atomic E-state index is 13.6. The average Bonchev–Trinajstić information content (AvgIpc) is 1.33. The molecule has 26 nitrogen and oxygen atoms in total. The Kier molecular flexibility index (Phi) is 24.4. The first-order chi connectivity index (χ1) is 55.7. The lowest BCUT2D eigenvalue weighted by molar-refractivity contribution is -0.137. The zero-order valence-electron chi connectivity index (χ0n) is 66.9. The molecule has 6 aromatic heterocycles. The number of aromatic nitrogens is 9. The molecule has 16 rings (SSSR count). The number of halogens is 5. The molecule has 6 atom stereocenters. The number of amides is 3. The minimum atomic E-state index is -4.65. The molecule has 0 N–H and O–H groups in total. The topological polar surface area (TPSA) is 260 Å². The number of cyclic esters (lactones) is 3. The van der Waals surface area contributed by atoms with Crippen LogP contribution in [0, 0.1) is 41.5 Å². The Morgan fingerprint density at radius 1 is 0.448 bits per heavy atom. The molecule has 0 spiro atoms. The van der Waals surface area contributed by atoms with Crippen molar-refractivity contribution in [1.82, 2.24) is 59.6 Å². The number of ether oxygens (including phenoxy) is 8. The number of hydrogen-bond acceptors (Lipinski definition) is 23. The van der Waals surface area contributed by atoms with Gasteiger partial charge in [0.15, 0.2) is 0 Å². The fourth-order valence-corrected chi connectivity index (χ4v) is 15.8. The van der Waals surface area contributed by atoms with Gasteiger partial charge in [0, 0.05) is 96.7 Å². The maximum Gasteiger partial charge on any atom is 0.417 e. The highest BCUT2D eigenvalue weighted by atomic mass is 35.5. The molecule has 3 amide bonds. The molecule has 7 aliphatic rings. The molecule has 116 heavy (non-hydrogen) atoms. The van der Waals surface area contributed by atoms with Crippen molar-refractivity contribution in [1.29, 1.82) is 0 Å². The van der Waals surface area contributed by atoms with Crippen molar-refractivity contribution in [2.75, 3.05) is 101 Å². The minimum Gasteiger partial charge on any atom is -0.481 e. The van der Waals surface area contributed by atoms with Crippen molar-refractivity contribution in [2.45, 2.75) is 156 Å². The number of morpholine rings is 2. The molecule has 6 aliphatic heterocycles. The number of carbonyl (C=O) groups excluding carboxylic acids is 3. The van der Waals surface area contributed by atoms with Gasteiger partial charge in [-0.15, -0.1) is 0 Å². The number of nitrogens with zero attached hydrogens (tertiary/aromatic N) is 15. The van der Waals surface area contributed by atoms with E-state index in [2.05, 4.69) is 96.0 Å². The fourth-order valence-electron chi connectivity index (χ4n) is 15.6. The summed E-state index contributed by atoms with van der Waals surface area (Å²) in [6.45, 7) is 25.8. The lowest BCUT2D eigenvalue weighted by atomic mass is 9.98. The normalized spacial score (nSPS) is 20.2. The first kappa shape index (κ1) is 81.5. The number of alkyl halides is 4. The van der Waals surface area contributed by atoms with Crippen LogP contribution < -0.4 is 28.9 Å². The Hall–Kier alpha value is -11.1. The van der Waals surface area contributed by atoms with E-state index in [0.29, 0.717) is 97.1 Å². The largest absolute Gasteiger partial charge is 0.481 e. The second-order valence-corrected chi connectivity index (χ2v) is 30.8. The molecule has 0 radical (unpaired) electrons. The number of methoxy groups -OCH3 is 2. The van der Waals surface area contributed by atoms with E-state index in [0.717, 1.165) is 86.0 Å². The number of anilines is 3. The maximum absolute atomic E-state index is 13.6. The summed E-state index contributed by atoms with van der Waals surface area (Å²) in [5.74, 6) is 2.87. The van der Waals surface area contributed by atoms with E-state index in [9.17, 15) is 31.9 Å². The molecule has 0 unspecified atom stereocenters. The van der Waals surface area contributed by atoms with Crippen molar-refractivity contribution in [3.05, 3.63) is 193 Å². The number of aryl methyl sites for hydroxylation is 6. The van der Waals surface area contributed by atoms with Gasteiger partial charge >= 0.3 is 24.5 Å². The van der Waals surface area contributed by atoms with Gasteiger partial charge in [0.1, 0.15) is 24.5 Å². The van der Waals surface area contributed by atoms with Crippen molar-refractivity contribution in [3.63, 3.8) is 0 Å². The van der Waals surface area contributed by atoms with Crippen LogP contribution in [0.25, 0.3) is 33.4 Å². The Bertz CT molecular complexity index is 5070. The van der Waals surface area contributed by atoms with E-state index in [1.54, 1.807) is 48.1 Å². The van der Waals surface area contributed by atoms with Gasteiger partial charge in [-0.2, -0.15) is 13.2 Å². The molecule has 610 valence electrons. The molecular formula is C85H94ClF4N15O11. The molecule has 3 aromatic carbocycles. The zero-order chi connectivity index (χ0) is 82.0. The van der Waals surface area contributed by atoms with Crippen LogP contribution in [0.1, 0.15) is 143 Å². The second-order valence-electron chi connectivity index (χ2n) is 30.4. The van der Waals surface area contributed by atoms with Crippen LogP contribution >= 0.6 is 11.6 Å². The number of rotatable bonds is 20. The van der Waals surface area contributed by atoms with Gasteiger partial charge < -0.3 is 52.6 Å². The standard InChI is InChI=1S/C30H35N5O4.C28H29F4N5O3.C27H30ClN5O4/c1-18-11-19(2)13-22(12-18)27-20(3)35(30(36)39-27)17-26-25(16-32-29(33-26)34-7-9-38-10-8-34)24-14-23(21-5-6-21)15-31-28(24)37-4;1-5-39-25-21(9-19(10-33-25)28(30,31)32)22-11-34-26(36-12-20(29)13-36)35-23(22)14-37-17(4)24(40-27(37)38)18-7-15(2)6-16(3)8-18;1-16-9-17(2)11-19(10-16)24-18(3)33(27(34)37-24)15-23-22(21-12-20(28)13-29-25(21)35-4)14-30-26(31-23)32-5-7-36-8-6-32/h11-16,20-21,27H,5-10,17H2,1-4H3;6-11,17,20,24H,5,12-14H2,1-4H3;9-14,18,24H,5-8,15H2,1-4H3/t20-,27-;17-,24-;18-,24-/m000/s1. The lowest BCUT2D eigenvalue weighted by Gasteiger charge is -2.34. The number of pyridine rings is 3. The van der Waals surface area contributed by atoms with Crippen LogP contribution in [0.2, 0.25) is 5.02 Å². The third-order valence-corrected chi connectivity index (χ3v) is 21.8. The highest BCUT2D eigenvalue weighted by Crippen LogP contribution is 2.46. The van der Waals surface area contributed by atoms with Gasteiger partial charge in [-0.05, 0) is 128 Å². The van der Waals surface area contributed by atoms with Gasteiger partial charge in [-0.25, -0.2) is 63.6 Å². The first-order valence-electron chi connectivity index (χ1n) is 38.9. The van der Waals surface area contributed by atoms with Gasteiger partial charge in [0.05, 0.1) is 126 Å². The SMILES string of the molecule is CCOc1ncc(C(F)(F)F)cc1-c1cnc(N2CC(F)C2)nc1CN1C(=O)O[C@H](c2cc(C)cc(C)c2)[C@@H]1C.COc1ncc(C2CC2)cc1-c1cnc(N2CCOCC2)nc1CN1C(=O)O[C@H](c2cc(C)cc(C)c2)[C@@H]1C.COc1ncc(Cl)cc1-c1cnc(N2CCOCC2)nc1CN1C(=O)O[C@H](c2cc(C)cc(C)c2)[C@@H]1C. The van der Waals surface area contributed by atoms with E-state index in [1.165, 1.54) is 35.7 Å². The Morgan fingerprint density at radius 2 is 0.810 bits per heavy atom. The van der Waals surface area contributed by atoms with Crippen LogP contribution in [-0.2, 0) is 49.5 Å². The minimum absolute atomic E-state index is 0.0222. The number of carbonyl (C=O) groups is 3. The monoisotopic (exact) mass is 1610 g/mol. The predicted octanol–water partition coefficient (Wildman–Crippen LogP) is 15.5. The zero-order valence-corrected chi connectivity index (χ0v) is 67.7. The van der Waals surface area contributed by atoms with Gasteiger partial charge in [0.2, 0.25) is 35.5 Å². The van der Waals surface area contributed by atoms with Crippen molar-refractivity contribution >= 4 is 47.7 Å². The Morgan fingerprint density at radius 3 is 1.17 bits per heavy atom. The van der Waals surface area contributed by atoms with Crippen LogP contribution in [0.4, 0.5) is 49.8 Å². The van der Waals surface area contributed by atoms with E-state index in [1.807, 2.05) is 79.1 Å². The number of hydrogen-bond donors (Lipinski definition) is 0. The van der Waals surface area contributed by atoms with Crippen molar-refractivity contribution in [3.8, 4) is 51.0 Å². The quantitative estimate of drug-likeness (QED) is 0.0507. The lowest BCUT2D eigenvalue weighted by Crippen LogP contribution is -2.49. The van der Waals surface area contributed by atoms with E-state index >= 15 is 0 Å². The Labute approximate surface area is 675 Å². The molecule has 7 fully saturated rings. The number of benzene rings is 3. The van der Waals surface area contributed by atoms with Crippen LogP contribution in [-0.4, -0.2) is 189 Å². The molecular weight excluding hydrogens is 1520 g/mol. The van der Waals surface area contributed by atoms with Gasteiger partial charge in [-0.3, -0.25) is 14.7 Å². The fraction of sp³-hybridized carbons (Fsp3) is 0.435. The molecule has 6 saturated heterocycles. The summed E-state index contributed by atoms with van der Waals surface area (Å²) >= 11 is 6.29. The highest BCUT2D eigenvalue weighted by Gasteiger charge is 2.45. The molecule has 0 bridgehead atoms. The van der Waals surface area contributed by atoms with Crippen LogP contribution in [0.5, 0.6) is 17.6 Å².